The average Bonchev–Trinajstić information content (AvgIpc) is 2.83. The van der Waals surface area contributed by atoms with Gasteiger partial charge in [0.25, 0.3) is 0 Å². The monoisotopic (exact) mass is 512 g/mol. The lowest BCUT2D eigenvalue weighted by Gasteiger charge is -2.28. The van der Waals surface area contributed by atoms with Gasteiger partial charge in [-0.1, -0.05) is 70.4 Å². The summed E-state index contributed by atoms with van der Waals surface area (Å²) in [6.45, 7) is 12.5. The van der Waals surface area contributed by atoms with Crippen molar-refractivity contribution in [3.05, 3.63) is 12.2 Å². The second-order valence-corrected chi connectivity index (χ2v) is 11.2. The minimum atomic E-state index is -0.246. The molecule has 214 valence electrons. The maximum Gasteiger partial charge on any atom is 0.305 e. The molecule has 5 heteroatoms. The molecule has 0 bridgehead atoms. The molecule has 36 heavy (non-hydrogen) atoms. The molecule has 0 atom stereocenters. The summed E-state index contributed by atoms with van der Waals surface area (Å²) in [6.07, 6.45) is 23.2. The number of hydrogen-bond acceptors (Lipinski definition) is 5. The van der Waals surface area contributed by atoms with Crippen molar-refractivity contribution in [3.63, 3.8) is 0 Å². The molecule has 0 aliphatic heterocycles. The van der Waals surface area contributed by atoms with Crippen LogP contribution in [0.2, 0.25) is 0 Å². The Kier molecular flexibility index (Phi) is 22.6. The van der Waals surface area contributed by atoms with Gasteiger partial charge in [-0.05, 0) is 72.6 Å². The van der Waals surface area contributed by atoms with Crippen molar-refractivity contribution in [1.29, 1.82) is 0 Å². The predicted molar refractivity (Wildman–Crippen MR) is 152 cm³/mol. The summed E-state index contributed by atoms with van der Waals surface area (Å²) in [5.41, 5.74) is -0.412. The average molecular weight is 513 g/mol. The van der Waals surface area contributed by atoms with Crippen LogP contribution in [-0.2, 0) is 23.7 Å². The number of allylic oxidation sites excluding steroid dienone is 2. The maximum atomic E-state index is 11.9. The maximum absolute atomic E-state index is 11.9. The van der Waals surface area contributed by atoms with E-state index in [9.17, 15) is 4.79 Å². The number of carbonyl (C=O) groups excluding carboxylic acids is 1. The molecule has 0 amide bonds. The van der Waals surface area contributed by atoms with Crippen LogP contribution in [0.25, 0.3) is 0 Å². The Bertz CT molecular complexity index is 527. The summed E-state index contributed by atoms with van der Waals surface area (Å²) in [5, 5.41) is 0. The third-order valence-corrected chi connectivity index (χ3v) is 6.73. The Morgan fingerprint density at radius 1 is 0.667 bits per heavy atom. The normalized spacial score (nSPS) is 12.5. The molecule has 0 aliphatic carbocycles. The molecular weight excluding hydrogens is 452 g/mol. The van der Waals surface area contributed by atoms with Crippen LogP contribution >= 0.6 is 0 Å². The van der Waals surface area contributed by atoms with E-state index < -0.39 is 0 Å². The fourth-order valence-corrected chi connectivity index (χ4v) is 3.79. The van der Waals surface area contributed by atoms with E-state index in [-0.39, 0.29) is 17.2 Å². The number of ether oxygens (including phenoxy) is 4. The first-order chi connectivity index (χ1) is 17.2. The minimum absolute atomic E-state index is 0.111. The molecule has 0 aliphatic rings. The van der Waals surface area contributed by atoms with Crippen LogP contribution in [-0.4, -0.2) is 50.7 Å². The van der Waals surface area contributed by atoms with E-state index in [0.29, 0.717) is 32.8 Å². The van der Waals surface area contributed by atoms with Gasteiger partial charge in [-0.2, -0.15) is 0 Å². The van der Waals surface area contributed by atoms with Gasteiger partial charge in [0.15, 0.2) is 0 Å². The predicted octanol–water partition coefficient (Wildman–Crippen LogP) is 8.58. The van der Waals surface area contributed by atoms with Crippen LogP contribution in [0.1, 0.15) is 137 Å². The van der Waals surface area contributed by atoms with Crippen molar-refractivity contribution in [2.75, 3.05) is 33.5 Å². The Morgan fingerprint density at radius 3 is 1.83 bits per heavy atom. The van der Waals surface area contributed by atoms with Gasteiger partial charge in [-0.3, -0.25) is 4.79 Å². The first-order valence-electron chi connectivity index (χ1n) is 14.8. The Balaban J connectivity index is 3.46. The van der Waals surface area contributed by atoms with Gasteiger partial charge in [-0.25, -0.2) is 0 Å². The highest BCUT2D eigenvalue weighted by atomic mass is 16.6. The summed E-state index contributed by atoms with van der Waals surface area (Å²) in [5.74, 6) is -0.111. The minimum Gasteiger partial charge on any atom is -0.463 e. The van der Waals surface area contributed by atoms with Gasteiger partial charge in [-0.15, -0.1) is 0 Å². The van der Waals surface area contributed by atoms with Crippen molar-refractivity contribution in [2.45, 2.75) is 149 Å². The van der Waals surface area contributed by atoms with Crippen LogP contribution in [0.15, 0.2) is 12.2 Å². The van der Waals surface area contributed by atoms with E-state index in [1.54, 1.807) is 7.11 Å². The molecule has 0 saturated carbocycles. The van der Waals surface area contributed by atoms with Crippen LogP contribution in [0.4, 0.5) is 0 Å². The SMILES string of the molecule is CCCCCCCC/C=C\CCCCCCCC(=O)OCCOCCC(C)(C)OCCC(C)(C)OC. The zero-order chi connectivity index (χ0) is 27.0. The van der Waals surface area contributed by atoms with E-state index in [4.69, 9.17) is 18.9 Å². The van der Waals surface area contributed by atoms with Crippen LogP contribution in [0.3, 0.4) is 0 Å². The first kappa shape index (κ1) is 35.1. The fraction of sp³-hybridized carbons (Fsp3) is 0.903. The second-order valence-electron chi connectivity index (χ2n) is 11.2. The Labute approximate surface area is 224 Å². The third-order valence-electron chi connectivity index (χ3n) is 6.73. The second kappa shape index (κ2) is 23.2. The van der Waals surface area contributed by atoms with Gasteiger partial charge < -0.3 is 18.9 Å². The molecule has 5 nitrogen and oxygen atoms in total. The highest BCUT2D eigenvalue weighted by Crippen LogP contribution is 2.19. The highest BCUT2D eigenvalue weighted by molar-refractivity contribution is 5.69. The molecule has 0 heterocycles. The van der Waals surface area contributed by atoms with E-state index in [1.165, 1.54) is 70.6 Å². The van der Waals surface area contributed by atoms with Crippen molar-refractivity contribution in [1.82, 2.24) is 0 Å². The summed E-state index contributed by atoms with van der Waals surface area (Å²) >= 11 is 0. The highest BCUT2D eigenvalue weighted by Gasteiger charge is 2.21. The van der Waals surface area contributed by atoms with Crippen LogP contribution in [0.5, 0.6) is 0 Å². The van der Waals surface area contributed by atoms with Crippen LogP contribution < -0.4 is 0 Å². The molecular formula is C31H60O5. The molecule has 0 unspecified atom stereocenters. The molecule has 0 N–H and O–H groups in total. The molecule has 0 fully saturated rings. The van der Waals surface area contributed by atoms with E-state index >= 15 is 0 Å². The lowest BCUT2D eigenvalue weighted by Crippen LogP contribution is -2.31. The van der Waals surface area contributed by atoms with Crippen molar-refractivity contribution < 1.29 is 23.7 Å². The third kappa shape index (κ3) is 24.8. The Morgan fingerprint density at radius 2 is 1.22 bits per heavy atom. The number of methoxy groups -OCH3 is 1. The lowest BCUT2D eigenvalue weighted by atomic mass is 10.0. The number of hydrogen-bond donors (Lipinski definition) is 0. The molecule has 0 aromatic carbocycles. The van der Waals surface area contributed by atoms with Crippen molar-refractivity contribution in [2.24, 2.45) is 0 Å². The van der Waals surface area contributed by atoms with Gasteiger partial charge in [0.2, 0.25) is 0 Å². The molecule has 0 rings (SSSR count). The number of carbonyl (C=O) groups is 1. The molecule has 0 saturated heterocycles. The smallest absolute Gasteiger partial charge is 0.305 e. The van der Waals surface area contributed by atoms with Crippen LogP contribution in [0, 0.1) is 0 Å². The fourth-order valence-electron chi connectivity index (χ4n) is 3.79. The zero-order valence-electron chi connectivity index (χ0n) is 24.8. The van der Waals surface area contributed by atoms with Gasteiger partial charge in [0, 0.05) is 20.1 Å². The number of unbranched alkanes of at least 4 members (excludes halogenated alkanes) is 11. The van der Waals surface area contributed by atoms with E-state index in [0.717, 1.165) is 25.7 Å². The van der Waals surface area contributed by atoms with Crippen molar-refractivity contribution >= 4 is 5.97 Å². The van der Waals surface area contributed by atoms with Crippen molar-refractivity contribution in [3.8, 4) is 0 Å². The molecule has 0 aromatic heterocycles. The number of rotatable bonds is 26. The summed E-state index contributed by atoms with van der Waals surface area (Å²) in [4.78, 5) is 11.9. The topological polar surface area (TPSA) is 54.0 Å². The standard InChI is InChI=1S/C31H60O5/c1-7-8-9-10-11-12-13-14-15-16-17-18-19-20-21-22-29(32)35-28-27-34-25-23-31(4,5)36-26-24-30(2,3)33-6/h14-15H,7-13,16-28H2,1-6H3/b15-14-. The van der Waals surface area contributed by atoms with E-state index in [1.807, 2.05) is 0 Å². The largest absolute Gasteiger partial charge is 0.463 e. The summed E-state index contributed by atoms with van der Waals surface area (Å²) in [6, 6.07) is 0. The van der Waals surface area contributed by atoms with E-state index in [2.05, 4.69) is 46.8 Å². The zero-order valence-corrected chi connectivity index (χ0v) is 24.8. The quantitative estimate of drug-likeness (QED) is 0.0660. The summed E-state index contributed by atoms with van der Waals surface area (Å²) < 4.78 is 22.3. The lowest BCUT2D eigenvalue weighted by molar-refractivity contribution is -0.145. The van der Waals surface area contributed by atoms with Gasteiger partial charge >= 0.3 is 5.97 Å². The molecule has 0 aromatic rings. The first-order valence-corrected chi connectivity index (χ1v) is 14.8. The number of esters is 1. The molecule has 0 radical (unpaired) electrons. The van der Waals surface area contributed by atoms with Gasteiger partial charge in [0.05, 0.1) is 24.4 Å². The van der Waals surface area contributed by atoms with Gasteiger partial charge in [0.1, 0.15) is 6.61 Å². The Hall–Kier alpha value is -0.910. The molecule has 0 spiro atoms. The summed E-state index contributed by atoms with van der Waals surface area (Å²) in [7, 11) is 1.73.